The van der Waals surface area contributed by atoms with E-state index in [9.17, 15) is 0 Å². The monoisotopic (exact) mass is 486 g/mol. The number of rotatable bonds is 3. The highest BCUT2D eigenvalue weighted by atomic mass is 16.3. The van der Waals surface area contributed by atoms with Gasteiger partial charge in [0.2, 0.25) is 0 Å². The summed E-state index contributed by atoms with van der Waals surface area (Å²) in [4.78, 5) is 0. The van der Waals surface area contributed by atoms with Crippen molar-refractivity contribution in [2.75, 3.05) is 0 Å². The smallest absolute Gasteiger partial charge is 0.136 e. The van der Waals surface area contributed by atoms with Crippen LogP contribution in [0.5, 0.6) is 0 Å². The normalized spacial score (nSPS) is 12.8. The summed E-state index contributed by atoms with van der Waals surface area (Å²) in [7, 11) is 0. The van der Waals surface area contributed by atoms with Crippen LogP contribution in [0.25, 0.3) is 72.6 Å². The van der Waals surface area contributed by atoms with Crippen LogP contribution in [0.2, 0.25) is 0 Å². The Labute approximate surface area is 221 Å². The first-order valence-electron chi connectivity index (χ1n) is 13.0. The fourth-order valence-corrected chi connectivity index (χ4v) is 5.74. The van der Waals surface area contributed by atoms with Crippen LogP contribution in [-0.4, -0.2) is 0 Å². The molecule has 0 aliphatic carbocycles. The van der Waals surface area contributed by atoms with Crippen LogP contribution in [0.4, 0.5) is 0 Å². The minimum absolute atomic E-state index is 0.796. The number of hydrogen-bond acceptors (Lipinski definition) is 1. The zero-order chi connectivity index (χ0) is 25.6. The van der Waals surface area contributed by atoms with Gasteiger partial charge in [-0.2, -0.15) is 0 Å². The summed E-state index contributed by atoms with van der Waals surface area (Å²) >= 11 is 0. The lowest BCUT2D eigenvalue weighted by Crippen LogP contribution is -2.17. The number of allylic oxidation sites excluding steroid dienone is 2. The second-order valence-electron chi connectivity index (χ2n) is 9.86. The highest BCUT2D eigenvalue weighted by molar-refractivity contribution is 6.18. The Hall–Kier alpha value is -4.88. The third kappa shape index (κ3) is 3.55. The predicted octanol–water partition coefficient (Wildman–Crippen LogP) is 8.85. The highest BCUT2D eigenvalue weighted by Gasteiger charge is 2.15. The van der Waals surface area contributed by atoms with Crippen molar-refractivity contribution in [3.8, 4) is 11.1 Å². The Kier molecular flexibility index (Phi) is 5.23. The number of benzene rings is 6. The molecule has 0 N–H and O–H groups in total. The van der Waals surface area contributed by atoms with E-state index in [0.29, 0.717) is 0 Å². The molecule has 0 bridgehead atoms. The predicted molar refractivity (Wildman–Crippen MR) is 163 cm³/mol. The van der Waals surface area contributed by atoms with E-state index in [1.807, 2.05) is 0 Å². The van der Waals surface area contributed by atoms with E-state index in [1.165, 1.54) is 54.6 Å². The fourth-order valence-electron chi connectivity index (χ4n) is 5.74. The highest BCUT2D eigenvalue weighted by Crippen LogP contribution is 2.41. The van der Waals surface area contributed by atoms with E-state index in [0.717, 1.165) is 21.6 Å². The molecular formula is C37H26O. The Morgan fingerprint density at radius 2 is 1.18 bits per heavy atom. The summed E-state index contributed by atoms with van der Waals surface area (Å²) in [5, 5.41) is 9.36. The molecule has 0 amide bonds. The van der Waals surface area contributed by atoms with Crippen molar-refractivity contribution in [3.63, 3.8) is 0 Å². The van der Waals surface area contributed by atoms with E-state index >= 15 is 0 Å². The maximum atomic E-state index is 6.28. The Morgan fingerprint density at radius 3 is 1.84 bits per heavy atom. The second kappa shape index (κ2) is 8.90. The Morgan fingerprint density at radius 1 is 0.632 bits per heavy atom. The lowest BCUT2D eigenvalue weighted by Gasteiger charge is -2.17. The molecule has 0 aliphatic heterocycles. The van der Waals surface area contributed by atoms with Crippen LogP contribution >= 0.6 is 0 Å². The van der Waals surface area contributed by atoms with Gasteiger partial charge in [-0.1, -0.05) is 116 Å². The zero-order valence-electron chi connectivity index (χ0n) is 21.2. The van der Waals surface area contributed by atoms with Crippen molar-refractivity contribution >= 4 is 61.5 Å². The molecule has 1 heteroatoms. The third-order valence-corrected chi connectivity index (χ3v) is 7.56. The van der Waals surface area contributed by atoms with Gasteiger partial charge in [0.05, 0.1) is 0 Å². The molecular weight excluding hydrogens is 460 g/mol. The number of furan rings is 1. The van der Waals surface area contributed by atoms with Gasteiger partial charge in [-0.3, -0.25) is 0 Å². The molecule has 6 aromatic carbocycles. The first kappa shape index (κ1) is 22.3. The molecule has 0 unspecified atom stereocenters. The van der Waals surface area contributed by atoms with Crippen molar-refractivity contribution in [1.29, 1.82) is 0 Å². The van der Waals surface area contributed by atoms with E-state index in [2.05, 4.69) is 141 Å². The standard InChI is InChI=1S/C37H26O/c1-24(20-21-34-25(2)33-22-27-14-6-7-15-28(27)23-35(33)38-34)36-29-16-8-10-18-31(29)37(26-12-4-3-5-13-26)32-19-11-9-17-30(32)36/h3-23H,2H2,1H3/b24-20+,34-21+. The summed E-state index contributed by atoms with van der Waals surface area (Å²) in [5.41, 5.74) is 6.61. The average Bonchev–Trinajstić information content (AvgIpc) is 3.27. The minimum atomic E-state index is 0.796. The molecule has 38 heavy (non-hydrogen) atoms. The maximum absolute atomic E-state index is 6.28. The van der Waals surface area contributed by atoms with Crippen molar-refractivity contribution in [1.82, 2.24) is 0 Å². The van der Waals surface area contributed by atoms with E-state index < -0.39 is 0 Å². The van der Waals surface area contributed by atoms with Gasteiger partial charge in [0.1, 0.15) is 11.0 Å². The first-order chi connectivity index (χ1) is 18.7. The zero-order valence-corrected chi connectivity index (χ0v) is 21.2. The van der Waals surface area contributed by atoms with E-state index in [1.54, 1.807) is 0 Å². The SMILES string of the molecule is C=c1/c(=C\C=C(/C)c2c3ccccc3c(-c3ccccc3)c3ccccc23)oc2cc3ccccc3cc12. The maximum Gasteiger partial charge on any atom is 0.136 e. The number of hydrogen-bond donors (Lipinski definition) is 0. The van der Waals surface area contributed by atoms with Gasteiger partial charge in [-0.25, -0.2) is 0 Å². The summed E-state index contributed by atoms with van der Waals surface area (Å²) in [6, 6.07) is 40.8. The largest absolute Gasteiger partial charge is 0.456 e. The van der Waals surface area contributed by atoms with Crippen LogP contribution in [0.15, 0.2) is 126 Å². The Balaban J connectivity index is 1.47. The molecule has 7 rings (SSSR count). The first-order valence-corrected chi connectivity index (χ1v) is 13.0. The summed E-state index contributed by atoms with van der Waals surface area (Å²) < 4.78 is 6.28. The molecule has 1 nitrogen and oxygen atoms in total. The summed E-state index contributed by atoms with van der Waals surface area (Å²) in [6.07, 6.45) is 4.24. The van der Waals surface area contributed by atoms with Gasteiger partial charge in [0.25, 0.3) is 0 Å². The molecule has 0 fully saturated rings. The van der Waals surface area contributed by atoms with Gasteiger partial charge in [0.15, 0.2) is 0 Å². The minimum Gasteiger partial charge on any atom is -0.456 e. The molecule has 0 saturated carbocycles. The van der Waals surface area contributed by atoms with Crippen molar-refractivity contribution < 1.29 is 4.42 Å². The average molecular weight is 487 g/mol. The van der Waals surface area contributed by atoms with Crippen LogP contribution < -0.4 is 10.6 Å². The summed E-state index contributed by atoms with van der Waals surface area (Å²) in [5.74, 6) is 0. The molecule has 7 aromatic rings. The lowest BCUT2D eigenvalue weighted by molar-refractivity contribution is 0.576. The molecule has 1 aromatic heterocycles. The Bertz CT molecular complexity index is 2090. The van der Waals surface area contributed by atoms with Gasteiger partial charge in [-0.15, -0.1) is 0 Å². The summed E-state index contributed by atoms with van der Waals surface area (Å²) in [6.45, 7) is 6.54. The molecule has 0 spiro atoms. The van der Waals surface area contributed by atoms with Crippen molar-refractivity contribution in [2.24, 2.45) is 0 Å². The quantitative estimate of drug-likeness (QED) is 0.227. The van der Waals surface area contributed by atoms with Crippen molar-refractivity contribution in [2.45, 2.75) is 6.92 Å². The van der Waals surface area contributed by atoms with E-state index in [-0.39, 0.29) is 0 Å². The van der Waals surface area contributed by atoms with Crippen molar-refractivity contribution in [3.05, 3.63) is 138 Å². The van der Waals surface area contributed by atoms with Gasteiger partial charge in [-0.05, 0) is 79.7 Å². The van der Waals surface area contributed by atoms with Gasteiger partial charge in [0, 0.05) is 10.6 Å². The van der Waals surface area contributed by atoms with Gasteiger partial charge < -0.3 is 4.42 Å². The fraction of sp³-hybridized carbons (Fsp3) is 0.0270. The van der Waals surface area contributed by atoms with E-state index in [4.69, 9.17) is 4.42 Å². The topological polar surface area (TPSA) is 13.1 Å². The van der Waals surface area contributed by atoms with Crippen LogP contribution in [0.1, 0.15) is 12.5 Å². The third-order valence-electron chi connectivity index (χ3n) is 7.56. The molecule has 1 heterocycles. The second-order valence-corrected chi connectivity index (χ2v) is 9.86. The molecule has 0 aliphatic rings. The molecule has 0 saturated heterocycles. The van der Waals surface area contributed by atoms with Crippen LogP contribution in [-0.2, 0) is 0 Å². The van der Waals surface area contributed by atoms with Crippen LogP contribution in [0, 0.1) is 0 Å². The van der Waals surface area contributed by atoms with Gasteiger partial charge >= 0.3 is 0 Å². The molecule has 0 radical (unpaired) electrons. The lowest BCUT2D eigenvalue weighted by atomic mass is 9.86. The number of fused-ring (bicyclic) bond motifs is 4. The molecule has 0 atom stereocenters. The van der Waals surface area contributed by atoms with Crippen LogP contribution in [0.3, 0.4) is 0 Å². The molecule has 180 valence electrons.